The van der Waals surface area contributed by atoms with Crippen LogP contribution in [-0.2, 0) is 11.2 Å². The Labute approximate surface area is 117 Å². The van der Waals surface area contributed by atoms with Crippen LogP contribution in [0.15, 0.2) is 41.7 Å². The summed E-state index contributed by atoms with van der Waals surface area (Å²) >= 11 is 4.75. The van der Waals surface area contributed by atoms with Crippen LogP contribution in [0, 0.1) is 0 Å². The van der Waals surface area contributed by atoms with Gasteiger partial charge in [-0.05, 0) is 29.4 Å². The molecule has 0 radical (unpaired) electrons. The van der Waals surface area contributed by atoms with E-state index in [4.69, 9.17) is 16.3 Å². The van der Waals surface area contributed by atoms with Gasteiger partial charge in [0.2, 0.25) is 0 Å². The lowest BCUT2D eigenvalue weighted by molar-refractivity contribution is 0.0728. The molecular formula is C12H9ClN2O3S. The fourth-order valence-electron chi connectivity index (χ4n) is 1.35. The van der Waals surface area contributed by atoms with Crippen molar-refractivity contribution in [2.75, 3.05) is 6.26 Å². The zero-order valence-electron chi connectivity index (χ0n) is 9.87. The zero-order valence-corrected chi connectivity index (χ0v) is 11.4. The van der Waals surface area contributed by atoms with Gasteiger partial charge in [0.1, 0.15) is 18.3 Å². The molecule has 0 amide bonds. The number of ether oxygens (including phenoxy) is 1. The highest BCUT2D eigenvalue weighted by Crippen LogP contribution is 2.26. The molecule has 2 aromatic rings. The summed E-state index contributed by atoms with van der Waals surface area (Å²) in [7, 11) is 0. The molecule has 1 unspecified atom stereocenters. The normalized spacial score (nSPS) is 11.9. The van der Waals surface area contributed by atoms with E-state index in [9.17, 15) is 9.35 Å². The molecule has 5 nitrogen and oxygen atoms in total. The summed E-state index contributed by atoms with van der Waals surface area (Å²) in [6.45, 7) is 0. The quantitative estimate of drug-likeness (QED) is 0.492. The Morgan fingerprint density at radius 3 is 2.79 bits per heavy atom. The number of esters is 1. The predicted molar refractivity (Wildman–Crippen MR) is 70.8 cm³/mol. The van der Waals surface area contributed by atoms with Crippen LogP contribution in [0.3, 0.4) is 0 Å². The van der Waals surface area contributed by atoms with Crippen molar-refractivity contribution in [2.45, 2.75) is 4.90 Å². The standard InChI is InChI=1S/C12H9ClN2O3S/c1-19(17)11-3-2-8(6-9(11)13)18-12(16)10-4-5-14-7-15-10/h2-7H,1H3. The van der Waals surface area contributed by atoms with Gasteiger partial charge in [-0.2, -0.15) is 0 Å². The molecule has 1 heterocycles. The number of hydrogen-bond donors (Lipinski definition) is 0. The number of aromatic nitrogens is 2. The van der Waals surface area contributed by atoms with E-state index in [1.54, 1.807) is 6.07 Å². The molecule has 0 spiro atoms. The fourth-order valence-corrected chi connectivity index (χ4v) is 2.44. The maximum absolute atomic E-state index is 11.7. The van der Waals surface area contributed by atoms with Gasteiger partial charge in [-0.15, -0.1) is 0 Å². The van der Waals surface area contributed by atoms with Gasteiger partial charge in [-0.25, -0.2) is 14.8 Å². The highest BCUT2D eigenvalue weighted by atomic mass is 35.5. The Bertz CT molecular complexity index is 593. The van der Waals surface area contributed by atoms with E-state index in [0.29, 0.717) is 4.90 Å². The third-order valence-electron chi connectivity index (χ3n) is 2.21. The molecule has 0 N–H and O–H groups in total. The molecule has 0 bridgehead atoms. The zero-order chi connectivity index (χ0) is 13.8. The van der Waals surface area contributed by atoms with Crippen LogP contribution in [0.25, 0.3) is 0 Å². The molecule has 0 saturated heterocycles. The largest absolute Gasteiger partial charge is 0.612 e. The molecule has 0 aliphatic carbocycles. The van der Waals surface area contributed by atoms with Gasteiger partial charge in [0, 0.05) is 12.3 Å². The number of rotatable bonds is 3. The van der Waals surface area contributed by atoms with Gasteiger partial charge in [0.25, 0.3) is 0 Å². The molecule has 0 saturated carbocycles. The van der Waals surface area contributed by atoms with Crippen molar-refractivity contribution in [3.63, 3.8) is 0 Å². The molecule has 1 aromatic carbocycles. The van der Waals surface area contributed by atoms with Crippen molar-refractivity contribution in [1.82, 2.24) is 9.97 Å². The fraction of sp³-hybridized carbons (Fsp3) is 0.0833. The molecule has 0 fully saturated rings. The van der Waals surface area contributed by atoms with Crippen LogP contribution in [0.5, 0.6) is 5.75 Å². The predicted octanol–water partition coefficient (Wildman–Crippen LogP) is 2.09. The average Bonchev–Trinajstić information content (AvgIpc) is 2.39. The minimum absolute atomic E-state index is 0.147. The first-order valence-corrected chi connectivity index (χ1v) is 7.12. The molecule has 0 aliphatic rings. The molecule has 98 valence electrons. The topological polar surface area (TPSA) is 75.1 Å². The number of carbonyl (C=O) groups is 1. The highest BCUT2D eigenvalue weighted by molar-refractivity contribution is 7.90. The SMILES string of the molecule is C[S+]([O-])c1ccc(OC(=O)c2ccncn2)cc1Cl. The maximum Gasteiger partial charge on any atom is 0.362 e. The third-order valence-corrected chi connectivity index (χ3v) is 3.61. The van der Waals surface area contributed by atoms with E-state index in [-0.39, 0.29) is 16.5 Å². The lowest BCUT2D eigenvalue weighted by Gasteiger charge is -2.08. The summed E-state index contributed by atoms with van der Waals surface area (Å²) in [6, 6.07) is 5.97. The molecule has 19 heavy (non-hydrogen) atoms. The number of nitrogens with zero attached hydrogens (tertiary/aromatic N) is 2. The van der Waals surface area contributed by atoms with Gasteiger partial charge in [-0.3, -0.25) is 0 Å². The lowest BCUT2D eigenvalue weighted by atomic mass is 10.3. The first-order valence-electron chi connectivity index (χ1n) is 5.19. The van der Waals surface area contributed by atoms with E-state index < -0.39 is 17.1 Å². The van der Waals surface area contributed by atoms with Crippen LogP contribution in [0.4, 0.5) is 0 Å². The van der Waals surface area contributed by atoms with E-state index >= 15 is 0 Å². The molecule has 2 rings (SSSR count). The highest BCUT2D eigenvalue weighted by Gasteiger charge is 2.14. The van der Waals surface area contributed by atoms with Crippen molar-refractivity contribution in [2.24, 2.45) is 0 Å². The van der Waals surface area contributed by atoms with Crippen LogP contribution in [-0.4, -0.2) is 26.7 Å². The van der Waals surface area contributed by atoms with Crippen LogP contribution in [0.2, 0.25) is 5.02 Å². The van der Waals surface area contributed by atoms with E-state index in [2.05, 4.69) is 9.97 Å². The first kappa shape index (κ1) is 13.8. The summed E-state index contributed by atoms with van der Waals surface area (Å²) in [5, 5.41) is 0.286. The second-order valence-corrected chi connectivity index (χ2v) is 5.29. The Morgan fingerprint density at radius 2 is 2.21 bits per heavy atom. The van der Waals surface area contributed by atoms with E-state index in [1.165, 1.54) is 37.0 Å². The summed E-state index contributed by atoms with van der Waals surface area (Å²) in [4.78, 5) is 19.7. The smallest absolute Gasteiger partial charge is 0.362 e. The average molecular weight is 297 g/mol. The van der Waals surface area contributed by atoms with Crippen LogP contribution < -0.4 is 4.74 Å². The molecular weight excluding hydrogens is 288 g/mol. The lowest BCUT2D eigenvalue weighted by Crippen LogP contribution is -2.10. The van der Waals surface area contributed by atoms with Gasteiger partial charge in [-0.1, -0.05) is 11.6 Å². The molecule has 1 aromatic heterocycles. The van der Waals surface area contributed by atoms with E-state index in [0.717, 1.165) is 0 Å². The van der Waals surface area contributed by atoms with Gasteiger partial charge >= 0.3 is 5.97 Å². The van der Waals surface area contributed by atoms with Crippen LogP contribution in [0.1, 0.15) is 10.5 Å². The summed E-state index contributed by atoms with van der Waals surface area (Å²) in [5.41, 5.74) is 0.147. The Hall–Kier alpha value is -1.63. The van der Waals surface area contributed by atoms with Crippen molar-refractivity contribution >= 4 is 28.7 Å². The minimum Gasteiger partial charge on any atom is -0.612 e. The summed E-state index contributed by atoms with van der Waals surface area (Å²) in [6.07, 6.45) is 4.22. The second kappa shape index (κ2) is 6.01. The summed E-state index contributed by atoms with van der Waals surface area (Å²) < 4.78 is 16.4. The van der Waals surface area contributed by atoms with Crippen molar-refractivity contribution in [3.8, 4) is 5.75 Å². The number of halogens is 1. The van der Waals surface area contributed by atoms with Crippen molar-refractivity contribution in [1.29, 1.82) is 0 Å². The van der Waals surface area contributed by atoms with E-state index in [1.807, 2.05) is 0 Å². The van der Waals surface area contributed by atoms with Gasteiger partial charge < -0.3 is 9.29 Å². The first-order chi connectivity index (χ1) is 9.08. The van der Waals surface area contributed by atoms with Gasteiger partial charge in [0.05, 0.1) is 5.02 Å². The Balaban J connectivity index is 2.16. The van der Waals surface area contributed by atoms with Gasteiger partial charge in [0.15, 0.2) is 10.6 Å². The summed E-state index contributed by atoms with van der Waals surface area (Å²) in [5.74, 6) is -0.341. The van der Waals surface area contributed by atoms with Crippen molar-refractivity contribution in [3.05, 3.63) is 47.5 Å². The maximum atomic E-state index is 11.7. The Kier molecular flexibility index (Phi) is 4.36. The second-order valence-electron chi connectivity index (χ2n) is 3.53. The Morgan fingerprint density at radius 1 is 1.42 bits per heavy atom. The van der Waals surface area contributed by atoms with Crippen molar-refractivity contribution < 1.29 is 14.1 Å². The molecule has 7 heteroatoms. The number of carbonyl (C=O) groups excluding carboxylic acids is 1. The monoisotopic (exact) mass is 296 g/mol. The minimum atomic E-state index is -1.19. The molecule has 0 aliphatic heterocycles. The number of hydrogen-bond acceptors (Lipinski definition) is 5. The number of benzene rings is 1. The molecule has 1 atom stereocenters. The third kappa shape index (κ3) is 3.44. The van der Waals surface area contributed by atoms with Crippen LogP contribution >= 0.6 is 11.6 Å².